The quantitative estimate of drug-likeness (QED) is 0.775. The van der Waals surface area contributed by atoms with Crippen LogP contribution in [-0.2, 0) is 17.6 Å². The van der Waals surface area contributed by atoms with Crippen LogP contribution in [0.5, 0.6) is 5.75 Å². The van der Waals surface area contributed by atoms with Gasteiger partial charge in [0, 0.05) is 0 Å². The molecule has 0 aliphatic rings. The van der Waals surface area contributed by atoms with Crippen molar-refractivity contribution in [2.45, 2.75) is 25.8 Å². The van der Waals surface area contributed by atoms with E-state index in [-0.39, 0.29) is 25.5 Å². The number of carbonyl (C=O) groups is 1. The highest BCUT2D eigenvalue weighted by Crippen LogP contribution is 2.16. The van der Waals surface area contributed by atoms with Gasteiger partial charge in [0.15, 0.2) is 6.61 Å². The molecule has 0 aliphatic heterocycles. The molecule has 0 heterocycles. The Morgan fingerprint density at radius 2 is 1.80 bits per heavy atom. The molecule has 1 amide bonds. The van der Waals surface area contributed by atoms with Gasteiger partial charge in [-0.15, -0.1) is 0 Å². The summed E-state index contributed by atoms with van der Waals surface area (Å²) in [5, 5.41) is 20.9. The van der Waals surface area contributed by atoms with Gasteiger partial charge in [0.1, 0.15) is 11.8 Å². The zero-order valence-electron chi connectivity index (χ0n) is 14.2. The third-order valence-electron chi connectivity index (χ3n) is 3.90. The minimum Gasteiger partial charge on any atom is -0.479 e. The van der Waals surface area contributed by atoms with E-state index >= 15 is 0 Å². The Kier molecular flexibility index (Phi) is 7.00. The maximum Gasteiger partial charge on any atom is 0.224 e. The van der Waals surface area contributed by atoms with Crippen LogP contribution in [0.3, 0.4) is 0 Å². The molecule has 0 aliphatic carbocycles. The number of benzene rings is 2. The van der Waals surface area contributed by atoms with Crippen molar-refractivity contribution in [3.05, 3.63) is 65.2 Å². The maximum absolute atomic E-state index is 12.2. The molecule has 25 heavy (non-hydrogen) atoms. The van der Waals surface area contributed by atoms with Crippen LogP contribution < -0.4 is 10.1 Å². The first kappa shape index (κ1) is 18.5. The molecule has 0 radical (unpaired) electrons. The van der Waals surface area contributed by atoms with E-state index in [1.807, 2.05) is 30.3 Å². The molecule has 2 aromatic carbocycles. The van der Waals surface area contributed by atoms with E-state index < -0.39 is 6.04 Å². The lowest BCUT2D eigenvalue weighted by atomic mass is 10.0. The highest BCUT2D eigenvalue weighted by molar-refractivity contribution is 5.79. The van der Waals surface area contributed by atoms with Crippen molar-refractivity contribution in [3.8, 4) is 11.8 Å². The van der Waals surface area contributed by atoms with E-state index in [2.05, 4.69) is 12.2 Å². The smallest absolute Gasteiger partial charge is 0.224 e. The summed E-state index contributed by atoms with van der Waals surface area (Å²) in [6, 6.07) is 16.4. The zero-order chi connectivity index (χ0) is 18.1. The van der Waals surface area contributed by atoms with Crippen molar-refractivity contribution in [2.75, 3.05) is 13.2 Å². The van der Waals surface area contributed by atoms with E-state index in [9.17, 15) is 9.90 Å². The third-order valence-corrected chi connectivity index (χ3v) is 3.90. The number of aliphatic hydroxyl groups is 1. The first-order valence-electron chi connectivity index (χ1n) is 8.24. The number of hydrogen-bond donors (Lipinski definition) is 2. The fraction of sp³-hybridized carbons (Fsp3) is 0.300. The molecule has 0 spiro atoms. The highest BCUT2D eigenvalue weighted by Gasteiger charge is 2.14. The van der Waals surface area contributed by atoms with E-state index in [0.29, 0.717) is 5.75 Å². The number of aliphatic hydroxyl groups excluding tert-OH is 1. The van der Waals surface area contributed by atoms with Crippen LogP contribution in [-0.4, -0.2) is 24.2 Å². The van der Waals surface area contributed by atoms with Gasteiger partial charge in [0.25, 0.3) is 0 Å². The Labute approximate surface area is 147 Å². The van der Waals surface area contributed by atoms with Gasteiger partial charge in [-0.2, -0.15) is 5.26 Å². The first-order chi connectivity index (χ1) is 12.2. The fourth-order valence-corrected chi connectivity index (χ4v) is 2.47. The van der Waals surface area contributed by atoms with Gasteiger partial charge >= 0.3 is 0 Å². The zero-order valence-corrected chi connectivity index (χ0v) is 14.2. The average Bonchev–Trinajstić information content (AvgIpc) is 2.65. The van der Waals surface area contributed by atoms with Gasteiger partial charge < -0.3 is 15.2 Å². The SMILES string of the molecule is CCc1ccc(C(CO)NC(=O)Cc2ccc(OCC#N)cc2)cc1. The highest BCUT2D eigenvalue weighted by atomic mass is 16.5. The average molecular weight is 338 g/mol. The van der Waals surface area contributed by atoms with E-state index in [0.717, 1.165) is 17.5 Å². The Balaban J connectivity index is 1.94. The molecule has 130 valence electrons. The summed E-state index contributed by atoms with van der Waals surface area (Å²) in [4.78, 5) is 12.2. The van der Waals surface area contributed by atoms with E-state index in [4.69, 9.17) is 10.00 Å². The van der Waals surface area contributed by atoms with Gasteiger partial charge in [-0.05, 0) is 35.2 Å². The van der Waals surface area contributed by atoms with Crippen molar-refractivity contribution in [2.24, 2.45) is 0 Å². The second-order valence-corrected chi connectivity index (χ2v) is 5.67. The molecule has 2 aromatic rings. The minimum absolute atomic E-state index is 0.00513. The summed E-state index contributed by atoms with van der Waals surface area (Å²) in [7, 11) is 0. The van der Waals surface area contributed by atoms with Crippen LogP contribution in [0.2, 0.25) is 0 Å². The standard InChI is InChI=1S/C20H22N2O3/c1-2-15-3-7-17(8-4-15)19(14-23)22-20(24)13-16-5-9-18(10-6-16)25-12-11-21/h3-10,19,23H,2,12-14H2,1H3,(H,22,24). The number of rotatable bonds is 8. The number of aryl methyl sites for hydroxylation is 1. The number of ether oxygens (including phenoxy) is 1. The molecule has 0 bridgehead atoms. The number of nitrogens with zero attached hydrogens (tertiary/aromatic N) is 1. The Morgan fingerprint density at radius 3 is 2.36 bits per heavy atom. The maximum atomic E-state index is 12.2. The summed E-state index contributed by atoms with van der Waals surface area (Å²) < 4.78 is 5.18. The second-order valence-electron chi connectivity index (χ2n) is 5.67. The third kappa shape index (κ3) is 5.63. The summed E-state index contributed by atoms with van der Waals surface area (Å²) in [5.41, 5.74) is 2.93. The lowest BCUT2D eigenvalue weighted by molar-refractivity contribution is -0.121. The molecular weight excluding hydrogens is 316 g/mol. The van der Waals surface area contributed by atoms with Crippen molar-refractivity contribution < 1.29 is 14.6 Å². The monoisotopic (exact) mass is 338 g/mol. The first-order valence-corrected chi connectivity index (χ1v) is 8.24. The predicted molar refractivity (Wildman–Crippen MR) is 95.0 cm³/mol. The van der Waals surface area contributed by atoms with Crippen LogP contribution in [0, 0.1) is 11.3 Å². The molecule has 2 rings (SSSR count). The number of carbonyl (C=O) groups excluding carboxylic acids is 1. The van der Waals surface area contributed by atoms with Crippen LogP contribution in [0.25, 0.3) is 0 Å². The predicted octanol–water partition coefficient (Wildman–Crippen LogP) is 2.54. The van der Waals surface area contributed by atoms with Crippen molar-refractivity contribution >= 4 is 5.91 Å². The van der Waals surface area contributed by atoms with Crippen LogP contribution in [0.4, 0.5) is 0 Å². The van der Waals surface area contributed by atoms with Crippen molar-refractivity contribution in [3.63, 3.8) is 0 Å². The Hall–Kier alpha value is -2.84. The Bertz CT molecular complexity index is 718. The van der Waals surface area contributed by atoms with Crippen molar-refractivity contribution in [1.29, 1.82) is 5.26 Å². The molecular formula is C20H22N2O3. The molecule has 5 heteroatoms. The van der Waals surface area contributed by atoms with Crippen LogP contribution in [0.15, 0.2) is 48.5 Å². The topological polar surface area (TPSA) is 82.3 Å². The summed E-state index contributed by atoms with van der Waals surface area (Å²) >= 11 is 0. The fourth-order valence-electron chi connectivity index (χ4n) is 2.47. The number of nitrogens with one attached hydrogen (secondary N) is 1. The molecule has 5 nitrogen and oxygen atoms in total. The van der Waals surface area contributed by atoms with Crippen LogP contribution in [0.1, 0.15) is 29.7 Å². The van der Waals surface area contributed by atoms with Crippen LogP contribution >= 0.6 is 0 Å². The second kappa shape index (κ2) is 9.45. The number of amides is 1. The summed E-state index contributed by atoms with van der Waals surface area (Å²) in [6.07, 6.45) is 1.16. The van der Waals surface area contributed by atoms with Gasteiger partial charge in [0.2, 0.25) is 5.91 Å². The molecule has 0 saturated heterocycles. The van der Waals surface area contributed by atoms with Gasteiger partial charge in [0.05, 0.1) is 19.1 Å². The lowest BCUT2D eigenvalue weighted by Gasteiger charge is -2.17. The summed E-state index contributed by atoms with van der Waals surface area (Å²) in [5.74, 6) is 0.430. The largest absolute Gasteiger partial charge is 0.479 e. The van der Waals surface area contributed by atoms with Gasteiger partial charge in [-0.1, -0.05) is 43.3 Å². The molecule has 1 unspecified atom stereocenters. The van der Waals surface area contributed by atoms with E-state index in [1.165, 1.54) is 5.56 Å². The lowest BCUT2D eigenvalue weighted by Crippen LogP contribution is -2.31. The minimum atomic E-state index is -0.420. The van der Waals surface area contributed by atoms with Crippen molar-refractivity contribution in [1.82, 2.24) is 5.32 Å². The normalized spacial score (nSPS) is 11.4. The molecule has 1 atom stereocenters. The molecule has 0 aromatic heterocycles. The van der Waals surface area contributed by atoms with Gasteiger partial charge in [-0.25, -0.2) is 0 Å². The van der Waals surface area contributed by atoms with E-state index in [1.54, 1.807) is 24.3 Å². The number of hydrogen-bond acceptors (Lipinski definition) is 4. The molecule has 2 N–H and O–H groups in total. The van der Waals surface area contributed by atoms with Gasteiger partial charge in [-0.3, -0.25) is 4.79 Å². The number of nitriles is 1. The summed E-state index contributed by atoms with van der Waals surface area (Å²) in [6.45, 7) is 1.92. The Morgan fingerprint density at radius 1 is 1.16 bits per heavy atom. The molecule has 0 fully saturated rings. The molecule has 0 saturated carbocycles.